The third kappa shape index (κ3) is 1.63. The van der Waals surface area contributed by atoms with Gasteiger partial charge in [0, 0.05) is 11.4 Å². The van der Waals surface area contributed by atoms with Crippen LogP contribution < -0.4 is 32.1 Å². The van der Waals surface area contributed by atoms with Crippen molar-refractivity contribution >= 4 is 52.9 Å². The van der Waals surface area contributed by atoms with E-state index in [0.29, 0.717) is 6.71 Å². The number of rotatable bonds is 0. The summed E-state index contributed by atoms with van der Waals surface area (Å²) in [4.78, 5) is 0. The van der Waals surface area contributed by atoms with Crippen molar-refractivity contribution in [2.24, 2.45) is 0 Å². The standard InChI is InChI=1S/C20H18BNSi/c1-23(2)18-12-6-4-9-15(18)21-14-8-3-5-10-16(14)22-17-11-7-13-19(23)20(17)21/h3-13,22H,1-2H3. The molecule has 2 heterocycles. The third-order valence-corrected chi connectivity index (χ3v) is 9.14. The zero-order chi connectivity index (χ0) is 15.6. The van der Waals surface area contributed by atoms with E-state index in [1.54, 1.807) is 10.4 Å². The smallest absolute Gasteiger partial charge is 0.246 e. The van der Waals surface area contributed by atoms with Gasteiger partial charge in [0.1, 0.15) is 8.07 Å². The molecule has 0 aliphatic carbocycles. The molecule has 110 valence electrons. The number of para-hydroxylation sites is 1. The monoisotopic (exact) mass is 311 g/mol. The molecule has 0 radical (unpaired) electrons. The maximum Gasteiger partial charge on any atom is 0.246 e. The quantitative estimate of drug-likeness (QED) is 0.484. The molecule has 3 heteroatoms. The molecule has 0 atom stereocenters. The molecule has 0 amide bonds. The fraction of sp³-hybridized carbons (Fsp3) is 0.100. The van der Waals surface area contributed by atoms with E-state index in [-0.39, 0.29) is 0 Å². The van der Waals surface area contributed by atoms with E-state index in [9.17, 15) is 0 Å². The van der Waals surface area contributed by atoms with E-state index >= 15 is 0 Å². The van der Waals surface area contributed by atoms with Gasteiger partial charge in [-0.1, -0.05) is 83.5 Å². The fourth-order valence-electron chi connectivity index (χ4n) is 4.48. The van der Waals surface area contributed by atoms with Crippen LogP contribution in [0.3, 0.4) is 0 Å². The lowest BCUT2D eigenvalue weighted by Gasteiger charge is -2.41. The number of benzene rings is 3. The van der Waals surface area contributed by atoms with Crippen molar-refractivity contribution in [2.75, 3.05) is 5.32 Å². The SMILES string of the molecule is C[Si]1(C)c2ccccc2B2c3ccccc3Nc3cccc1c32. The van der Waals surface area contributed by atoms with Gasteiger partial charge in [-0.15, -0.1) is 0 Å². The average molecular weight is 311 g/mol. The van der Waals surface area contributed by atoms with Crippen molar-refractivity contribution in [3.05, 3.63) is 66.7 Å². The molecule has 0 saturated carbocycles. The van der Waals surface area contributed by atoms with Gasteiger partial charge in [-0.3, -0.25) is 0 Å². The molecular weight excluding hydrogens is 293 g/mol. The summed E-state index contributed by atoms with van der Waals surface area (Å²) in [6, 6.07) is 24.7. The molecule has 23 heavy (non-hydrogen) atoms. The molecule has 0 fully saturated rings. The van der Waals surface area contributed by atoms with Crippen molar-refractivity contribution in [3.8, 4) is 0 Å². The molecule has 3 aromatic rings. The Kier molecular flexibility index (Phi) is 2.52. The van der Waals surface area contributed by atoms with Crippen molar-refractivity contribution < 1.29 is 0 Å². The largest absolute Gasteiger partial charge is 0.356 e. The van der Waals surface area contributed by atoms with Crippen LogP contribution in [0.15, 0.2) is 66.7 Å². The highest BCUT2D eigenvalue weighted by molar-refractivity contribution is 7.14. The van der Waals surface area contributed by atoms with Gasteiger partial charge in [-0.05, 0) is 23.1 Å². The Labute approximate surface area is 138 Å². The van der Waals surface area contributed by atoms with Crippen molar-refractivity contribution in [3.63, 3.8) is 0 Å². The van der Waals surface area contributed by atoms with E-state index in [4.69, 9.17) is 0 Å². The molecule has 0 spiro atoms. The summed E-state index contributed by atoms with van der Waals surface area (Å²) >= 11 is 0. The van der Waals surface area contributed by atoms with E-state index in [2.05, 4.69) is 85.1 Å². The Morgan fingerprint density at radius 2 is 1.35 bits per heavy atom. The first kappa shape index (κ1) is 13.2. The van der Waals surface area contributed by atoms with Gasteiger partial charge in [-0.2, -0.15) is 0 Å². The van der Waals surface area contributed by atoms with E-state index in [1.165, 1.54) is 27.8 Å². The van der Waals surface area contributed by atoms with Gasteiger partial charge in [-0.25, -0.2) is 0 Å². The average Bonchev–Trinajstić information content (AvgIpc) is 2.58. The molecule has 1 N–H and O–H groups in total. The summed E-state index contributed by atoms with van der Waals surface area (Å²) in [5, 5.41) is 6.84. The Hall–Kier alpha value is -2.26. The van der Waals surface area contributed by atoms with Gasteiger partial charge in [0.15, 0.2) is 0 Å². The van der Waals surface area contributed by atoms with Crippen LogP contribution in [0, 0.1) is 0 Å². The lowest BCUT2D eigenvalue weighted by atomic mass is 9.35. The van der Waals surface area contributed by atoms with Gasteiger partial charge in [0.2, 0.25) is 6.71 Å². The van der Waals surface area contributed by atoms with Crippen LogP contribution in [0.1, 0.15) is 0 Å². The minimum atomic E-state index is -1.65. The molecule has 0 bridgehead atoms. The van der Waals surface area contributed by atoms with Crippen molar-refractivity contribution in [1.29, 1.82) is 0 Å². The van der Waals surface area contributed by atoms with Crippen LogP contribution in [-0.2, 0) is 0 Å². The number of anilines is 2. The molecule has 2 aliphatic heterocycles. The lowest BCUT2D eigenvalue weighted by molar-refractivity contribution is 1.56. The Balaban J connectivity index is 1.92. The molecule has 0 unspecified atom stereocenters. The molecule has 1 nitrogen and oxygen atoms in total. The summed E-state index contributed by atoms with van der Waals surface area (Å²) in [6.07, 6.45) is 0. The summed E-state index contributed by atoms with van der Waals surface area (Å²) < 4.78 is 0. The topological polar surface area (TPSA) is 12.0 Å². The second-order valence-electron chi connectivity index (χ2n) is 7.12. The van der Waals surface area contributed by atoms with Gasteiger partial charge < -0.3 is 5.32 Å². The number of hydrogen-bond acceptors (Lipinski definition) is 1. The second-order valence-corrected chi connectivity index (χ2v) is 11.5. The van der Waals surface area contributed by atoms with Crippen LogP contribution in [0.2, 0.25) is 13.1 Å². The molecule has 2 aliphatic rings. The summed E-state index contributed by atoms with van der Waals surface area (Å²) in [6.45, 7) is 5.34. The minimum absolute atomic E-state index is 0.371. The van der Waals surface area contributed by atoms with Gasteiger partial charge in [0.25, 0.3) is 0 Å². The third-order valence-electron chi connectivity index (χ3n) is 5.55. The summed E-state index contributed by atoms with van der Waals surface area (Å²) in [5.74, 6) is 0. The zero-order valence-corrected chi connectivity index (χ0v) is 14.4. The summed E-state index contributed by atoms with van der Waals surface area (Å²) in [7, 11) is -1.65. The summed E-state index contributed by atoms with van der Waals surface area (Å²) in [5.41, 5.74) is 6.98. The predicted octanol–water partition coefficient (Wildman–Crippen LogP) is 1.40. The first-order valence-corrected chi connectivity index (χ1v) is 11.3. The van der Waals surface area contributed by atoms with Gasteiger partial charge >= 0.3 is 0 Å². The zero-order valence-electron chi connectivity index (χ0n) is 13.4. The molecule has 0 aromatic heterocycles. The second kappa shape index (κ2) is 4.39. The minimum Gasteiger partial charge on any atom is -0.356 e. The Bertz CT molecular complexity index is 948. The number of nitrogens with one attached hydrogen (secondary N) is 1. The van der Waals surface area contributed by atoms with Crippen molar-refractivity contribution in [2.45, 2.75) is 13.1 Å². The highest BCUT2D eigenvalue weighted by Gasteiger charge is 2.44. The predicted molar refractivity (Wildman–Crippen MR) is 104 cm³/mol. The van der Waals surface area contributed by atoms with Crippen LogP contribution >= 0.6 is 0 Å². The Morgan fingerprint density at radius 3 is 2.22 bits per heavy atom. The van der Waals surface area contributed by atoms with E-state index in [1.807, 2.05) is 0 Å². The van der Waals surface area contributed by atoms with Crippen LogP contribution in [0.25, 0.3) is 0 Å². The maximum atomic E-state index is 3.67. The first-order valence-electron chi connectivity index (χ1n) is 8.26. The van der Waals surface area contributed by atoms with Crippen molar-refractivity contribution in [1.82, 2.24) is 0 Å². The van der Waals surface area contributed by atoms with Crippen LogP contribution in [0.5, 0.6) is 0 Å². The molecule has 3 aromatic carbocycles. The van der Waals surface area contributed by atoms with Gasteiger partial charge in [0.05, 0.1) is 0 Å². The maximum absolute atomic E-state index is 3.67. The lowest BCUT2D eigenvalue weighted by Crippen LogP contribution is -2.77. The Morgan fingerprint density at radius 1 is 0.696 bits per heavy atom. The molecule has 0 saturated heterocycles. The van der Waals surface area contributed by atoms with Crippen LogP contribution in [0.4, 0.5) is 11.4 Å². The first-order chi connectivity index (χ1) is 11.2. The molecule has 5 rings (SSSR count). The highest BCUT2D eigenvalue weighted by atomic mass is 28.3. The molecular formula is C20H18BNSi. The highest BCUT2D eigenvalue weighted by Crippen LogP contribution is 2.22. The normalized spacial score (nSPS) is 16.0. The van der Waals surface area contributed by atoms with E-state index in [0.717, 1.165) is 0 Å². The van der Waals surface area contributed by atoms with Crippen LogP contribution in [-0.4, -0.2) is 14.8 Å². The number of hydrogen-bond donors (Lipinski definition) is 1. The fourth-order valence-corrected chi connectivity index (χ4v) is 7.70. The number of fused-ring (bicyclic) bond motifs is 4. The van der Waals surface area contributed by atoms with E-state index < -0.39 is 8.07 Å².